The predicted molar refractivity (Wildman–Crippen MR) is 148 cm³/mol. The van der Waals surface area contributed by atoms with Gasteiger partial charge in [-0.25, -0.2) is 0 Å². The summed E-state index contributed by atoms with van der Waals surface area (Å²) in [5.74, 6) is 0.469. The molecule has 3 aliphatic heterocycles. The zero-order valence-electron chi connectivity index (χ0n) is 22.5. The van der Waals surface area contributed by atoms with Gasteiger partial charge in [0, 0.05) is 43.7 Å². The molecule has 0 amide bonds. The first-order chi connectivity index (χ1) is 18.1. The first-order valence-electron chi connectivity index (χ1n) is 14.1. The van der Waals surface area contributed by atoms with Crippen molar-refractivity contribution in [1.82, 2.24) is 9.88 Å². The Hall–Kier alpha value is -2.54. The first-order valence-corrected chi connectivity index (χ1v) is 14.1. The van der Waals surface area contributed by atoms with Crippen LogP contribution in [0.25, 0.3) is 0 Å². The second-order valence-electron chi connectivity index (χ2n) is 10.8. The van der Waals surface area contributed by atoms with E-state index in [0.717, 1.165) is 70.1 Å². The fourth-order valence-electron chi connectivity index (χ4n) is 5.98. The van der Waals surface area contributed by atoms with E-state index >= 15 is 0 Å². The predicted octanol–water partition coefficient (Wildman–Crippen LogP) is 6.33. The highest BCUT2D eigenvalue weighted by atomic mass is 16.7. The number of pyridine rings is 1. The third kappa shape index (κ3) is 6.14. The van der Waals surface area contributed by atoms with Gasteiger partial charge < -0.3 is 20.1 Å². The van der Waals surface area contributed by atoms with Crippen molar-refractivity contribution < 1.29 is 9.47 Å². The minimum atomic E-state index is -0.114. The molecule has 0 saturated carbocycles. The van der Waals surface area contributed by atoms with Gasteiger partial charge >= 0.3 is 0 Å². The molecule has 37 heavy (non-hydrogen) atoms. The van der Waals surface area contributed by atoms with Crippen molar-refractivity contribution in [2.75, 3.05) is 6.61 Å². The second kappa shape index (κ2) is 12.3. The van der Waals surface area contributed by atoms with Gasteiger partial charge in [-0.1, -0.05) is 31.2 Å². The Morgan fingerprint density at radius 3 is 2.81 bits per heavy atom. The number of nitrogens with two attached hydrogens (primary N) is 1. The molecule has 1 aromatic carbocycles. The molecule has 1 aromatic heterocycles. The van der Waals surface area contributed by atoms with Gasteiger partial charge in [-0.2, -0.15) is 0 Å². The minimum absolute atomic E-state index is 0.114. The van der Waals surface area contributed by atoms with E-state index in [1.54, 1.807) is 0 Å². The number of piperidine rings is 1. The monoisotopic (exact) mass is 502 g/mol. The summed E-state index contributed by atoms with van der Waals surface area (Å²) >= 11 is 0. The van der Waals surface area contributed by atoms with Crippen LogP contribution in [-0.4, -0.2) is 29.0 Å². The number of likely N-dealkylation sites (tertiary alicyclic amines) is 1. The molecule has 2 fully saturated rings. The maximum absolute atomic E-state index is 6.26. The summed E-state index contributed by atoms with van der Waals surface area (Å²) in [6.45, 7) is 7.16. The molecule has 3 atom stereocenters. The molecule has 198 valence electrons. The van der Waals surface area contributed by atoms with Crippen molar-refractivity contribution in [3.05, 3.63) is 75.9 Å². The maximum Gasteiger partial charge on any atom is 0.158 e. The number of hydrogen-bond acceptors (Lipinski definition) is 6. The quantitative estimate of drug-likeness (QED) is 0.479. The van der Waals surface area contributed by atoms with Crippen LogP contribution in [0.1, 0.15) is 92.3 Å². The zero-order valence-corrected chi connectivity index (χ0v) is 22.5. The Bertz CT molecular complexity index is 1120. The van der Waals surface area contributed by atoms with Crippen LogP contribution in [-0.2, 0) is 29.2 Å². The van der Waals surface area contributed by atoms with Crippen LogP contribution in [0.3, 0.4) is 0 Å². The van der Waals surface area contributed by atoms with Crippen LogP contribution in [0.5, 0.6) is 0 Å². The van der Waals surface area contributed by atoms with E-state index in [1.807, 2.05) is 12.3 Å². The van der Waals surface area contributed by atoms with Crippen molar-refractivity contribution in [1.29, 1.82) is 0 Å². The summed E-state index contributed by atoms with van der Waals surface area (Å²) in [7, 11) is 0. The van der Waals surface area contributed by atoms with Crippen LogP contribution in [0.4, 0.5) is 0 Å². The molecule has 0 spiro atoms. The van der Waals surface area contributed by atoms with Crippen molar-refractivity contribution in [2.45, 2.75) is 97.2 Å². The highest BCUT2D eigenvalue weighted by Gasteiger charge is 2.32. The topological polar surface area (TPSA) is 73.0 Å². The molecule has 0 radical (unpaired) electrons. The maximum atomic E-state index is 6.26. The van der Waals surface area contributed by atoms with Crippen molar-refractivity contribution in [3.8, 4) is 0 Å². The van der Waals surface area contributed by atoms with Crippen LogP contribution in [0.15, 0.2) is 52.9 Å². The standard InChI is InChI=1S/C31H42N4O2/c1-22-8-6-15-33-30(22)27-10-5-11-28(31-23(2)9-7-16-34-31)35(27)20-25-14-13-24(19-32)18-26(25)21-37-29-12-3-4-17-36-29/h6,8,13-16,18,23,27,29H,3-5,7,9-12,17,19-21,32H2,1-2H3/t23?,27-,29?/m1/s1. The Labute approximate surface area is 222 Å². The van der Waals surface area contributed by atoms with Gasteiger partial charge in [0.05, 0.1) is 24.0 Å². The van der Waals surface area contributed by atoms with Gasteiger partial charge in [-0.05, 0) is 86.6 Å². The number of aliphatic imine (C=N–C) groups is 1. The Kier molecular flexibility index (Phi) is 8.70. The number of aromatic nitrogens is 1. The van der Waals surface area contributed by atoms with Gasteiger partial charge in [0.1, 0.15) is 0 Å². The molecule has 5 rings (SSSR count). The van der Waals surface area contributed by atoms with E-state index in [2.05, 4.69) is 49.2 Å². The molecule has 4 heterocycles. The Balaban J connectivity index is 1.51. The van der Waals surface area contributed by atoms with Crippen LogP contribution < -0.4 is 5.73 Å². The van der Waals surface area contributed by atoms with Crippen LogP contribution >= 0.6 is 0 Å². The summed E-state index contributed by atoms with van der Waals surface area (Å²) in [6, 6.07) is 11.1. The lowest BCUT2D eigenvalue weighted by molar-refractivity contribution is -0.169. The Morgan fingerprint density at radius 2 is 2.03 bits per heavy atom. The van der Waals surface area contributed by atoms with Crippen molar-refractivity contribution in [3.63, 3.8) is 0 Å². The molecule has 2 saturated heterocycles. The summed E-state index contributed by atoms with van der Waals surface area (Å²) in [4.78, 5) is 12.4. The van der Waals surface area contributed by atoms with E-state index in [1.165, 1.54) is 33.8 Å². The zero-order chi connectivity index (χ0) is 25.6. The van der Waals surface area contributed by atoms with E-state index in [0.29, 0.717) is 19.1 Å². The van der Waals surface area contributed by atoms with E-state index in [-0.39, 0.29) is 12.3 Å². The highest BCUT2D eigenvalue weighted by molar-refractivity contribution is 5.61. The highest BCUT2D eigenvalue weighted by Crippen LogP contribution is 2.42. The number of hydrogen-bond donors (Lipinski definition) is 1. The average molecular weight is 503 g/mol. The number of allylic oxidation sites excluding steroid dienone is 2. The summed E-state index contributed by atoms with van der Waals surface area (Å²) in [5.41, 5.74) is 14.7. The molecule has 2 unspecified atom stereocenters. The largest absolute Gasteiger partial charge is 0.360 e. The SMILES string of the molecule is Cc1cccnc1[C@H]1CCCC(=C2N=CCCC2C)N1Cc1ccc(CN)cc1COC1CCCCO1. The lowest BCUT2D eigenvalue weighted by Gasteiger charge is -2.42. The fraction of sp³-hybridized carbons (Fsp3) is 0.548. The van der Waals surface area contributed by atoms with Gasteiger partial charge in [0.15, 0.2) is 6.29 Å². The minimum Gasteiger partial charge on any atom is -0.360 e. The molecular formula is C31H42N4O2. The first kappa shape index (κ1) is 26.1. The number of aryl methyl sites for hydroxylation is 1. The summed E-state index contributed by atoms with van der Waals surface area (Å²) < 4.78 is 12.1. The van der Waals surface area contributed by atoms with E-state index < -0.39 is 0 Å². The van der Waals surface area contributed by atoms with Gasteiger partial charge in [0.25, 0.3) is 0 Å². The molecule has 6 heteroatoms. The van der Waals surface area contributed by atoms with E-state index in [4.69, 9.17) is 25.2 Å². The van der Waals surface area contributed by atoms with Crippen LogP contribution in [0, 0.1) is 12.8 Å². The molecular weight excluding hydrogens is 460 g/mol. The Morgan fingerprint density at radius 1 is 1.11 bits per heavy atom. The number of rotatable bonds is 7. The van der Waals surface area contributed by atoms with Gasteiger partial charge in [-0.15, -0.1) is 0 Å². The van der Waals surface area contributed by atoms with Gasteiger partial charge in [0.2, 0.25) is 0 Å². The summed E-state index contributed by atoms with van der Waals surface area (Å²) in [6.07, 6.45) is 12.7. The summed E-state index contributed by atoms with van der Waals surface area (Å²) in [5, 5.41) is 0. The number of nitrogens with zero attached hydrogens (tertiary/aromatic N) is 3. The second-order valence-corrected chi connectivity index (χ2v) is 10.8. The molecule has 0 bridgehead atoms. The lowest BCUT2D eigenvalue weighted by Crippen LogP contribution is -2.34. The smallest absolute Gasteiger partial charge is 0.158 e. The third-order valence-corrected chi connectivity index (χ3v) is 8.11. The molecule has 2 N–H and O–H groups in total. The van der Waals surface area contributed by atoms with Crippen LogP contribution in [0.2, 0.25) is 0 Å². The van der Waals surface area contributed by atoms with Gasteiger partial charge in [-0.3, -0.25) is 9.98 Å². The molecule has 0 aliphatic carbocycles. The van der Waals surface area contributed by atoms with E-state index in [9.17, 15) is 0 Å². The van der Waals surface area contributed by atoms with Crippen molar-refractivity contribution in [2.24, 2.45) is 16.6 Å². The van der Waals surface area contributed by atoms with Crippen molar-refractivity contribution >= 4 is 6.21 Å². The number of ether oxygens (including phenoxy) is 2. The normalized spacial score (nSPS) is 26.5. The third-order valence-electron chi connectivity index (χ3n) is 8.11. The lowest BCUT2D eigenvalue weighted by atomic mass is 9.89. The molecule has 6 nitrogen and oxygen atoms in total. The number of benzene rings is 1. The fourth-order valence-corrected chi connectivity index (χ4v) is 5.98. The molecule has 3 aliphatic rings. The molecule has 2 aromatic rings. The average Bonchev–Trinajstić information content (AvgIpc) is 2.94.